The lowest BCUT2D eigenvalue weighted by molar-refractivity contribution is -0.384. The zero-order chi connectivity index (χ0) is 14.5. The van der Waals surface area contributed by atoms with Crippen molar-refractivity contribution in [2.45, 2.75) is 6.54 Å². The molecule has 0 aliphatic rings. The smallest absolute Gasteiger partial charge is 0.270 e. The molecule has 2 rings (SSSR count). The molecule has 0 bridgehead atoms. The molecule has 0 aliphatic heterocycles. The highest BCUT2D eigenvalue weighted by atomic mass is 79.9. The van der Waals surface area contributed by atoms with Crippen LogP contribution >= 0.6 is 15.9 Å². The molecule has 0 amide bonds. The van der Waals surface area contributed by atoms with Crippen LogP contribution < -0.4 is 5.32 Å². The number of pyridine rings is 1. The van der Waals surface area contributed by atoms with Gasteiger partial charge in [-0.1, -0.05) is 0 Å². The number of nitro benzene ring substituents is 1. The van der Waals surface area contributed by atoms with Crippen molar-refractivity contribution in [3.63, 3.8) is 0 Å². The van der Waals surface area contributed by atoms with Gasteiger partial charge in [-0.3, -0.25) is 15.1 Å². The third-order valence-electron chi connectivity index (χ3n) is 2.58. The van der Waals surface area contributed by atoms with E-state index >= 15 is 0 Å². The van der Waals surface area contributed by atoms with Gasteiger partial charge >= 0.3 is 0 Å². The summed E-state index contributed by atoms with van der Waals surface area (Å²) in [5.74, 6) is 0. The van der Waals surface area contributed by atoms with E-state index in [2.05, 4.69) is 26.2 Å². The molecule has 0 saturated heterocycles. The molecule has 0 saturated carbocycles. The molecular formula is C13H9BrN4O2. The summed E-state index contributed by atoms with van der Waals surface area (Å²) in [4.78, 5) is 14.2. The zero-order valence-corrected chi connectivity index (χ0v) is 11.8. The van der Waals surface area contributed by atoms with Crippen LogP contribution in [0.5, 0.6) is 0 Å². The first-order valence-electron chi connectivity index (χ1n) is 5.62. The van der Waals surface area contributed by atoms with E-state index in [1.165, 1.54) is 18.2 Å². The van der Waals surface area contributed by atoms with Crippen molar-refractivity contribution in [3.8, 4) is 6.07 Å². The van der Waals surface area contributed by atoms with Crippen LogP contribution in [0.4, 0.5) is 11.4 Å². The van der Waals surface area contributed by atoms with Gasteiger partial charge in [0.25, 0.3) is 5.69 Å². The van der Waals surface area contributed by atoms with Crippen molar-refractivity contribution in [1.29, 1.82) is 5.26 Å². The van der Waals surface area contributed by atoms with E-state index in [1.807, 2.05) is 12.1 Å². The number of benzene rings is 1. The fraction of sp³-hybridized carbons (Fsp3) is 0.0769. The van der Waals surface area contributed by atoms with E-state index in [0.29, 0.717) is 12.2 Å². The Hall–Kier alpha value is -2.46. The van der Waals surface area contributed by atoms with E-state index in [4.69, 9.17) is 5.26 Å². The number of hydrogen-bond acceptors (Lipinski definition) is 5. The van der Waals surface area contributed by atoms with Gasteiger partial charge in [0, 0.05) is 35.5 Å². The van der Waals surface area contributed by atoms with Crippen LogP contribution in [0.1, 0.15) is 11.1 Å². The normalized spacial score (nSPS) is 9.80. The molecule has 0 fully saturated rings. The number of nitrogens with one attached hydrogen (secondary N) is 1. The average molecular weight is 333 g/mol. The summed E-state index contributed by atoms with van der Waals surface area (Å²) in [5.41, 5.74) is 1.62. The van der Waals surface area contributed by atoms with Crippen molar-refractivity contribution >= 4 is 27.3 Å². The molecule has 1 aromatic heterocycles. The predicted octanol–water partition coefficient (Wildman–Crippen LogP) is 3.24. The number of nitrogens with zero attached hydrogens (tertiary/aromatic N) is 3. The van der Waals surface area contributed by atoms with Crippen LogP contribution in [0.15, 0.2) is 41.1 Å². The third-order valence-corrected chi connectivity index (χ3v) is 3.01. The fourth-order valence-corrected chi connectivity index (χ4v) is 2.05. The van der Waals surface area contributed by atoms with Gasteiger partial charge in [0.1, 0.15) is 6.07 Å². The van der Waals surface area contributed by atoms with Gasteiger partial charge in [-0.05, 0) is 33.6 Å². The molecule has 0 atom stereocenters. The summed E-state index contributed by atoms with van der Waals surface area (Å²) < 4.78 is 0.862. The Bertz CT molecular complexity index is 697. The van der Waals surface area contributed by atoms with Gasteiger partial charge in [0.2, 0.25) is 0 Å². The lowest BCUT2D eigenvalue weighted by Gasteiger charge is -2.08. The maximum atomic E-state index is 10.7. The minimum absolute atomic E-state index is 0.101. The molecule has 0 aliphatic carbocycles. The van der Waals surface area contributed by atoms with Crippen LogP contribution in [0, 0.1) is 21.4 Å². The van der Waals surface area contributed by atoms with Crippen LogP contribution in [0.3, 0.4) is 0 Å². The molecule has 0 unspecified atom stereocenters. The van der Waals surface area contributed by atoms with Gasteiger partial charge in [-0.15, -0.1) is 0 Å². The van der Waals surface area contributed by atoms with Gasteiger partial charge in [0.15, 0.2) is 0 Å². The van der Waals surface area contributed by atoms with Gasteiger partial charge in [0.05, 0.1) is 16.2 Å². The Morgan fingerprint density at radius 3 is 2.85 bits per heavy atom. The highest BCUT2D eigenvalue weighted by Crippen LogP contribution is 2.22. The standard InChI is InChI=1S/C13H9BrN4O2/c14-11-3-9(6-16-8-11)7-17-13-2-1-12(18(19)20)4-10(13)5-15/h1-4,6,8,17H,7H2. The lowest BCUT2D eigenvalue weighted by atomic mass is 10.1. The van der Waals surface area contributed by atoms with Crippen LogP contribution in [-0.4, -0.2) is 9.91 Å². The fourth-order valence-electron chi connectivity index (χ4n) is 1.64. The number of rotatable bonds is 4. The number of hydrogen-bond donors (Lipinski definition) is 1. The van der Waals surface area contributed by atoms with Crippen molar-refractivity contribution in [3.05, 3.63) is 62.4 Å². The first kappa shape index (κ1) is 14.0. The van der Waals surface area contributed by atoms with Crippen molar-refractivity contribution in [2.75, 3.05) is 5.32 Å². The van der Waals surface area contributed by atoms with E-state index < -0.39 is 4.92 Å². The Morgan fingerprint density at radius 1 is 1.40 bits per heavy atom. The molecule has 6 nitrogen and oxygen atoms in total. The number of halogens is 1. The second kappa shape index (κ2) is 6.12. The summed E-state index contributed by atoms with van der Waals surface area (Å²) in [6, 6.07) is 7.99. The molecule has 7 heteroatoms. The molecule has 100 valence electrons. The number of anilines is 1. The second-order valence-electron chi connectivity index (χ2n) is 3.96. The highest BCUT2D eigenvalue weighted by Gasteiger charge is 2.10. The van der Waals surface area contributed by atoms with E-state index in [1.54, 1.807) is 12.4 Å². The minimum Gasteiger partial charge on any atom is -0.380 e. The summed E-state index contributed by atoms with van der Waals surface area (Å²) in [6.07, 6.45) is 3.38. The molecule has 1 heterocycles. The Kier molecular flexibility index (Phi) is 4.27. The maximum Gasteiger partial charge on any atom is 0.270 e. The summed E-state index contributed by atoms with van der Waals surface area (Å²) in [5, 5.41) is 22.8. The molecule has 0 spiro atoms. The molecule has 0 radical (unpaired) electrons. The Morgan fingerprint density at radius 2 is 2.20 bits per heavy atom. The van der Waals surface area contributed by atoms with Crippen molar-refractivity contribution < 1.29 is 4.92 Å². The SMILES string of the molecule is N#Cc1cc([N+](=O)[O-])ccc1NCc1cncc(Br)c1. The topological polar surface area (TPSA) is 91.8 Å². The highest BCUT2D eigenvalue weighted by molar-refractivity contribution is 9.10. The maximum absolute atomic E-state index is 10.7. The molecule has 1 N–H and O–H groups in total. The first-order valence-corrected chi connectivity index (χ1v) is 6.41. The van der Waals surface area contributed by atoms with Crippen LogP contribution in [-0.2, 0) is 6.54 Å². The van der Waals surface area contributed by atoms with E-state index in [9.17, 15) is 10.1 Å². The molecule has 1 aromatic carbocycles. The molecular weight excluding hydrogens is 324 g/mol. The number of nitro groups is 1. The largest absolute Gasteiger partial charge is 0.380 e. The van der Waals surface area contributed by atoms with Crippen LogP contribution in [0.2, 0.25) is 0 Å². The second-order valence-corrected chi connectivity index (χ2v) is 4.88. The average Bonchev–Trinajstić information content (AvgIpc) is 2.45. The Labute approximate surface area is 123 Å². The minimum atomic E-state index is -0.525. The monoisotopic (exact) mass is 332 g/mol. The quantitative estimate of drug-likeness (QED) is 0.685. The molecule has 2 aromatic rings. The number of aromatic nitrogens is 1. The van der Waals surface area contributed by atoms with Gasteiger partial charge in [-0.25, -0.2) is 0 Å². The summed E-state index contributed by atoms with van der Waals surface area (Å²) >= 11 is 3.32. The predicted molar refractivity (Wildman–Crippen MR) is 77.1 cm³/mol. The number of nitriles is 1. The van der Waals surface area contributed by atoms with Crippen molar-refractivity contribution in [1.82, 2.24) is 4.98 Å². The third kappa shape index (κ3) is 3.30. The first-order chi connectivity index (χ1) is 9.60. The Balaban J connectivity index is 2.18. The van der Waals surface area contributed by atoms with E-state index in [0.717, 1.165) is 10.0 Å². The lowest BCUT2D eigenvalue weighted by Crippen LogP contribution is -2.02. The van der Waals surface area contributed by atoms with Gasteiger partial charge in [-0.2, -0.15) is 5.26 Å². The van der Waals surface area contributed by atoms with E-state index in [-0.39, 0.29) is 11.3 Å². The molecule has 20 heavy (non-hydrogen) atoms. The summed E-state index contributed by atoms with van der Waals surface area (Å²) in [7, 11) is 0. The summed E-state index contributed by atoms with van der Waals surface area (Å²) in [6.45, 7) is 0.471. The van der Waals surface area contributed by atoms with Gasteiger partial charge < -0.3 is 5.32 Å². The van der Waals surface area contributed by atoms with Crippen molar-refractivity contribution in [2.24, 2.45) is 0 Å². The zero-order valence-electron chi connectivity index (χ0n) is 10.2. The van der Waals surface area contributed by atoms with Crippen LogP contribution in [0.25, 0.3) is 0 Å². The number of non-ortho nitro benzene ring substituents is 1.